The number of hydrogen-bond donors (Lipinski definition) is 0. The molecule has 0 saturated heterocycles. The lowest BCUT2D eigenvalue weighted by atomic mass is 9.87. The molecule has 1 aliphatic rings. The molecule has 150 valence electrons. The monoisotopic (exact) mass is 414 g/mol. The minimum atomic E-state index is -0.878. The third kappa shape index (κ3) is 3.39. The molecule has 4 rings (SSSR count). The summed E-state index contributed by atoms with van der Waals surface area (Å²) in [4.78, 5) is 24.8. The van der Waals surface area contributed by atoms with Crippen LogP contribution in [0.5, 0.6) is 5.75 Å². The molecule has 0 amide bonds. The van der Waals surface area contributed by atoms with E-state index in [1.807, 2.05) is 13.8 Å². The van der Waals surface area contributed by atoms with E-state index >= 15 is 0 Å². The lowest BCUT2D eigenvalue weighted by Gasteiger charge is -2.43. The van der Waals surface area contributed by atoms with E-state index in [0.29, 0.717) is 22.3 Å². The number of halogens is 1. The van der Waals surface area contributed by atoms with Gasteiger partial charge in [0.25, 0.3) is 0 Å². The van der Waals surface area contributed by atoms with E-state index in [9.17, 15) is 9.59 Å². The minimum Gasteiger partial charge on any atom is -0.484 e. The van der Waals surface area contributed by atoms with Crippen LogP contribution < -0.4 is 10.4 Å². The van der Waals surface area contributed by atoms with Crippen molar-refractivity contribution >= 4 is 28.5 Å². The number of fused-ring (bicyclic) bond motifs is 3. The SMILES string of the molecule is COC1C(OC(=O)c2ccccc2Cl)c2c(ccc3ccc(=O)oc23)OC1(C)C. The molecule has 0 radical (unpaired) electrons. The highest BCUT2D eigenvalue weighted by molar-refractivity contribution is 6.33. The Labute approximate surface area is 171 Å². The van der Waals surface area contributed by atoms with Crippen LogP contribution in [0.4, 0.5) is 0 Å². The predicted octanol–water partition coefficient (Wildman–Crippen LogP) is 4.53. The van der Waals surface area contributed by atoms with Crippen LogP contribution in [0, 0.1) is 0 Å². The Hall–Kier alpha value is -2.83. The van der Waals surface area contributed by atoms with E-state index in [1.165, 1.54) is 13.2 Å². The second-order valence-electron chi connectivity index (χ2n) is 7.32. The van der Waals surface area contributed by atoms with Crippen molar-refractivity contribution in [2.24, 2.45) is 0 Å². The van der Waals surface area contributed by atoms with Crippen LogP contribution in [0.25, 0.3) is 11.0 Å². The van der Waals surface area contributed by atoms with Crippen molar-refractivity contribution in [2.75, 3.05) is 7.11 Å². The molecule has 2 aromatic carbocycles. The maximum Gasteiger partial charge on any atom is 0.340 e. The Morgan fingerprint density at radius 2 is 1.83 bits per heavy atom. The molecule has 2 atom stereocenters. The molecule has 1 aromatic heterocycles. The second kappa shape index (κ2) is 7.21. The van der Waals surface area contributed by atoms with Crippen molar-refractivity contribution in [1.29, 1.82) is 0 Å². The molecule has 0 spiro atoms. The van der Waals surface area contributed by atoms with Crippen LogP contribution in [0.2, 0.25) is 5.02 Å². The highest BCUT2D eigenvalue weighted by Gasteiger charge is 2.48. The van der Waals surface area contributed by atoms with Crippen LogP contribution in [0.15, 0.2) is 57.7 Å². The smallest absolute Gasteiger partial charge is 0.340 e. The number of rotatable bonds is 3. The average Bonchev–Trinajstić information content (AvgIpc) is 2.67. The van der Waals surface area contributed by atoms with Gasteiger partial charge >= 0.3 is 11.6 Å². The molecule has 0 aliphatic carbocycles. The fourth-order valence-electron chi connectivity index (χ4n) is 3.69. The van der Waals surface area contributed by atoms with E-state index in [-0.39, 0.29) is 10.6 Å². The first-order valence-corrected chi connectivity index (χ1v) is 9.43. The molecule has 0 saturated carbocycles. The maximum atomic E-state index is 12.9. The summed E-state index contributed by atoms with van der Waals surface area (Å²) in [5.41, 5.74) is -0.343. The van der Waals surface area contributed by atoms with Crippen molar-refractivity contribution in [1.82, 2.24) is 0 Å². The molecule has 2 unspecified atom stereocenters. The van der Waals surface area contributed by atoms with Crippen molar-refractivity contribution in [3.05, 3.63) is 75.1 Å². The molecule has 2 heterocycles. The highest BCUT2D eigenvalue weighted by atomic mass is 35.5. The zero-order chi connectivity index (χ0) is 20.8. The number of ether oxygens (including phenoxy) is 3. The van der Waals surface area contributed by atoms with Crippen LogP contribution in [-0.4, -0.2) is 24.8 Å². The number of methoxy groups -OCH3 is 1. The summed E-state index contributed by atoms with van der Waals surface area (Å²) < 4.78 is 23.1. The minimum absolute atomic E-state index is 0.233. The van der Waals surface area contributed by atoms with Gasteiger partial charge in [-0.25, -0.2) is 9.59 Å². The summed E-state index contributed by atoms with van der Waals surface area (Å²) >= 11 is 6.16. The summed E-state index contributed by atoms with van der Waals surface area (Å²) in [5, 5.41) is 0.961. The zero-order valence-corrected chi connectivity index (χ0v) is 16.9. The van der Waals surface area contributed by atoms with Crippen molar-refractivity contribution in [3.63, 3.8) is 0 Å². The lowest BCUT2D eigenvalue weighted by Crippen LogP contribution is -2.51. The fraction of sp³-hybridized carbons (Fsp3) is 0.273. The third-order valence-electron chi connectivity index (χ3n) is 4.99. The molecule has 6 nitrogen and oxygen atoms in total. The van der Waals surface area contributed by atoms with Crippen LogP contribution in [-0.2, 0) is 9.47 Å². The summed E-state index contributed by atoms with van der Waals surface area (Å²) in [6.45, 7) is 3.68. The van der Waals surface area contributed by atoms with E-state index in [0.717, 1.165) is 0 Å². The molecule has 0 fully saturated rings. The van der Waals surface area contributed by atoms with Crippen molar-refractivity contribution in [2.45, 2.75) is 31.7 Å². The second-order valence-corrected chi connectivity index (χ2v) is 7.72. The van der Waals surface area contributed by atoms with Gasteiger partial charge in [0.05, 0.1) is 16.1 Å². The first-order valence-electron chi connectivity index (χ1n) is 9.06. The van der Waals surface area contributed by atoms with E-state index in [1.54, 1.807) is 42.5 Å². The standard InChI is InChI=1S/C22H19ClO6/c1-22(2)20(26-3)19(28-21(25)13-6-4-5-7-14(13)23)17-15(29-22)10-8-12-9-11-16(24)27-18(12)17/h4-11,19-20H,1-3H3. The van der Waals surface area contributed by atoms with Gasteiger partial charge < -0.3 is 18.6 Å². The summed E-state index contributed by atoms with van der Waals surface area (Å²) in [6.07, 6.45) is -1.53. The Bertz CT molecular complexity index is 1150. The number of hydrogen-bond acceptors (Lipinski definition) is 6. The van der Waals surface area contributed by atoms with Crippen LogP contribution in [0.1, 0.15) is 35.9 Å². The largest absolute Gasteiger partial charge is 0.484 e. The van der Waals surface area contributed by atoms with E-state index < -0.39 is 29.4 Å². The molecule has 0 N–H and O–H groups in total. The Morgan fingerprint density at radius 3 is 2.55 bits per heavy atom. The van der Waals surface area contributed by atoms with Crippen LogP contribution in [0.3, 0.4) is 0 Å². The van der Waals surface area contributed by atoms with Gasteiger partial charge in [0, 0.05) is 18.6 Å². The van der Waals surface area contributed by atoms with Gasteiger partial charge in [-0.3, -0.25) is 0 Å². The maximum absolute atomic E-state index is 12.9. The van der Waals surface area contributed by atoms with Gasteiger partial charge in [-0.05, 0) is 44.2 Å². The summed E-state index contributed by atoms with van der Waals surface area (Å²) in [7, 11) is 1.51. The molecule has 7 heteroatoms. The zero-order valence-electron chi connectivity index (χ0n) is 16.1. The Kier molecular flexibility index (Phi) is 4.84. The van der Waals surface area contributed by atoms with Gasteiger partial charge in [0.15, 0.2) is 6.10 Å². The van der Waals surface area contributed by atoms with E-state index in [4.69, 9.17) is 30.2 Å². The molecular weight excluding hydrogens is 396 g/mol. The van der Waals surface area contributed by atoms with Crippen molar-refractivity contribution in [3.8, 4) is 5.75 Å². The van der Waals surface area contributed by atoms with Gasteiger partial charge in [0.1, 0.15) is 23.0 Å². The quantitative estimate of drug-likeness (QED) is 0.463. The number of carbonyl (C=O) groups is 1. The number of benzene rings is 2. The average molecular weight is 415 g/mol. The predicted molar refractivity (Wildman–Crippen MR) is 108 cm³/mol. The van der Waals surface area contributed by atoms with Gasteiger partial charge in [0.2, 0.25) is 0 Å². The summed E-state index contributed by atoms with van der Waals surface area (Å²) in [6, 6.07) is 13.2. The summed E-state index contributed by atoms with van der Waals surface area (Å²) in [5.74, 6) is -0.149. The van der Waals surface area contributed by atoms with Crippen molar-refractivity contribution < 1.29 is 23.4 Å². The Morgan fingerprint density at radius 1 is 1.10 bits per heavy atom. The highest BCUT2D eigenvalue weighted by Crippen LogP contribution is 2.46. The van der Waals surface area contributed by atoms with Gasteiger partial charge in [-0.1, -0.05) is 23.7 Å². The fourth-order valence-corrected chi connectivity index (χ4v) is 3.90. The molecule has 1 aliphatic heterocycles. The molecule has 3 aromatic rings. The van der Waals surface area contributed by atoms with Gasteiger partial charge in [-0.15, -0.1) is 0 Å². The lowest BCUT2D eigenvalue weighted by molar-refractivity contribution is -0.132. The number of esters is 1. The van der Waals surface area contributed by atoms with Crippen LogP contribution >= 0.6 is 11.6 Å². The first-order chi connectivity index (χ1) is 13.8. The van der Waals surface area contributed by atoms with E-state index in [2.05, 4.69) is 0 Å². The topological polar surface area (TPSA) is 75.0 Å². The Balaban J connectivity index is 1.89. The van der Waals surface area contributed by atoms with Gasteiger partial charge in [-0.2, -0.15) is 0 Å². The first kappa shape index (κ1) is 19.5. The third-order valence-corrected chi connectivity index (χ3v) is 5.32. The number of carbonyl (C=O) groups excluding carboxylic acids is 1. The molecular formula is C22H19ClO6. The molecule has 29 heavy (non-hydrogen) atoms. The normalized spacial score (nSPS) is 20.0. The molecule has 0 bridgehead atoms.